The molecule has 7 aliphatic heterocycles. The average Bonchev–Trinajstić information content (AvgIpc) is 3.54. The zero-order valence-electron chi connectivity index (χ0n) is 58.7. The van der Waals surface area contributed by atoms with Crippen molar-refractivity contribution in [3.8, 4) is 0 Å². The highest BCUT2D eigenvalue weighted by molar-refractivity contribution is 7.63. The number of hydrogen-bond donors (Lipinski definition) is 0. The summed E-state index contributed by atoms with van der Waals surface area (Å²) in [4.78, 5) is 0. The zero-order chi connectivity index (χ0) is 60.9. The molecule has 0 aliphatic carbocycles. The van der Waals surface area contributed by atoms with Crippen molar-refractivity contribution in [3.05, 3.63) is 12.2 Å². The molecule has 0 aromatic carbocycles. The molecule has 0 aromatic heterocycles. The van der Waals surface area contributed by atoms with Gasteiger partial charge in [-0.25, -0.2) is 0 Å². The molecule has 0 aromatic rings. The highest BCUT2D eigenvalue weighted by Crippen LogP contribution is 2.75. The Labute approximate surface area is 496 Å². The Morgan fingerprint density at radius 3 is 0.897 bits per heavy atom. The Kier molecular flexibility index (Phi) is 24.5. The molecule has 7 rings (SSSR count). The van der Waals surface area contributed by atoms with E-state index in [1.807, 2.05) is 0 Å². The van der Waals surface area contributed by atoms with Gasteiger partial charge in [-0.15, -0.1) is 0 Å². The van der Waals surface area contributed by atoms with E-state index in [1.165, 1.54) is 50.5 Å². The van der Waals surface area contributed by atoms with Gasteiger partial charge >= 0.3 is 0 Å². The van der Waals surface area contributed by atoms with Crippen molar-refractivity contribution in [1.29, 1.82) is 0 Å². The lowest BCUT2D eigenvalue weighted by atomic mass is 9.89. The minimum absolute atomic E-state index is 0.0132. The number of ether oxygens (including phenoxy) is 4. The predicted octanol–water partition coefficient (Wildman–Crippen LogP) is 23.4. The summed E-state index contributed by atoms with van der Waals surface area (Å²) in [5.74, 6) is 0.345. The van der Waals surface area contributed by atoms with E-state index >= 15 is 0 Å². The van der Waals surface area contributed by atoms with E-state index in [1.54, 1.807) is 0 Å². The van der Waals surface area contributed by atoms with E-state index in [9.17, 15) is 0 Å². The second kappa shape index (κ2) is 25.8. The van der Waals surface area contributed by atoms with Gasteiger partial charge in [-0.2, -0.15) is 0 Å². The van der Waals surface area contributed by atoms with Gasteiger partial charge < -0.3 is 18.9 Å². The Morgan fingerprint density at radius 1 is 0.385 bits per heavy atom. The van der Waals surface area contributed by atoms with Gasteiger partial charge in [-0.05, 0) is 130 Å². The van der Waals surface area contributed by atoms with Gasteiger partial charge in [0.25, 0.3) is 0 Å². The van der Waals surface area contributed by atoms with Gasteiger partial charge in [-0.1, -0.05) is 287 Å². The summed E-state index contributed by atoms with van der Waals surface area (Å²) < 4.78 is 24.1. The lowest BCUT2D eigenvalue weighted by Gasteiger charge is -2.58. The van der Waals surface area contributed by atoms with Gasteiger partial charge in [0.05, 0.1) is 26.4 Å². The van der Waals surface area contributed by atoms with Crippen molar-refractivity contribution in [3.63, 3.8) is 0 Å². The molecule has 462 valence electrons. The second-order valence-electron chi connectivity index (χ2n) is 35.3. The largest absolute Gasteiger partial charge is 0.350 e. The van der Waals surface area contributed by atoms with Crippen LogP contribution in [0.5, 0.6) is 0 Å². The monoisotopic (exact) mass is 1180 g/mol. The fourth-order valence-electron chi connectivity index (χ4n) is 21.1. The number of allylic oxidation sites excluding steroid dienone is 1. The lowest BCUT2D eigenvalue weighted by Crippen LogP contribution is -2.55. The maximum Gasteiger partial charge on any atom is 0.170 e. The fourth-order valence-corrected chi connectivity index (χ4v) is 49.2. The quantitative estimate of drug-likeness (QED) is 0.208. The highest BCUT2D eigenvalue weighted by atomic mass is 31.1. The first-order chi connectivity index (χ1) is 34.6. The molecule has 0 unspecified atom stereocenters. The standard InChI is InChI=1S/C15H29O2P.C14H27O2P.C14H27P.2C13H27P/c1-12(2)18-13(3,4)10-15(11-14(18,5)6)16-8-7-9-17-15;1-11(2)17-12(3,4)9-14(10-13(17,5)6)15-7-8-16-14;1-11-9-13(5,6)15(12(2,3)4)14(7,8)10-11;1-10(2)14-12(4,5)8-11(3)9-13(14,6)7;1-11(2,3)14-12(4,5)9-8-10-13(14,6)7/h12H,7-11H2,1-6H3;11H,7-10H2,1-6H3;1,9-10H2,2-8H3;10-11H,8-9H2,1-7H3;8-10H2,1-7H3. The van der Waals surface area contributed by atoms with E-state index in [4.69, 9.17) is 18.9 Å². The summed E-state index contributed by atoms with van der Waals surface area (Å²) in [5, 5.41) is 5.54. The second-order valence-corrected chi connectivity index (χ2v) is 56.7. The van der Waals surface area contributed by atoms with Gasteiger partial charge in [-0.3, -0.25) is 0 Å². The molecule has 0 N–H and O–H groups in total. The predicted molar refractivity (Wildman–Crippen MR) is 363 cm³/mol. The topological polar surface area (TPSA) is 36.9 Å². The van der Waals surface area contributed by atoms with Crippen LogP contribution in [0.2, 0.25) is 0 Å². The van der Waals surface area contributed by atoms with Crippen LogP contribution < -0.4 is 0 Å². The minimum atomic E-state index is -0.293. The first kappa shape index (κ1) is 74.0. The summed E-state index contributed by atoms with van der Waals surface area (Å²) >= 11 is 0. The molecule has 78 heavy (non-hydrogen) atoms. The third-order valence-electron chi connectivity index (χ3n) is 18.5. The Balaban J connectivity index is 0.000000257. The van der Waals surface area contributed by atoms with E-state index in [0.717, 1.165) is 81.4 Å². The number of hydrogen-bond acceptors (Lipinski definition) is 4. The Bertz CT molecular complexity index is 1810. The maximum atomic E-state index is 6.09. The smallest absolute Gasteiger partial charge is 0.170 e. The van der Waals surface area contributed by atoms with Crippen LogP contribution in [-0.2, 0) is 18.9 Å². The van der Waals surface area contributed by atoms with E-state index < -0.39 is 0 Å². The number of rotatable bonds is 3. The summed E-state index contributed by atoms with van der Waals surface area (Å²) in [6.07, 6.45) is 14.9. The van der Waals surface area contributed by atoms with Crippen molar-refractivity contribution >= 4 is 39.6 Å². The van der Waals surface area contributed by atoms with Crippen LogP contribution in [0, 0.1) is 5.92 Å². The third kappa shape index (κ3) is 18.6. The van der Waals surface area contributed by atoms with Crippen LogP contribution in [0.3, 0.4) is 0 Å². The van der Waals surface area contributed by atoms with Gasteiger partial charge in [0, 0.05) is 25.7 Å². The molecule has 0 radical (unpaired) electrons. The van der Waals surface area contributed by atoms with Crippen LogP contribution in [0.4, 0.5) is 0 Å². The van der Waals surface area contributed by atoms with Crippen LogP contribution in [0.1, 0.15) is 306 Å². The van der Waals surface area contributed by atoms with Crippen LogP contribution in [0.15, 0.2) is 12.2 Å². The molecule has 0 amide bonds. The van der Waals surface area contributed by atoms with Crippen LogP contribution in [0.25, 0.3) is 0 Å². The Hall–Kier alpha value is 1.73. The van der Waals surface area contributed by atoms with Crippen molar-refractivity contribution < 1.29 is 18.9 Å². The zero-order valence-corrected chi connectivity index (χ0v) is 63.2. The maximum absolute atomic E-state index is 6.09. The van der Waals surface area contributed by atoms with E-state index in [2.05, 4.69) is 235 Å². The fraction of sp³-hybridized carbons (Fsp3) is 0.971. The van der Waals surface area contributed by atoms with Gasteiger partial charge in [0.15, 0.2) is 11.6 Å². The average molecular weight is 1190 g/mol. The molecule has 7 heterocycles. The first-order valence-electron chi connectivity index (χ1n) is 31.8. The third-order valence-corrected chi connectivity index (χ3v) is 38.7. The molecule has 0 saturated carbocycles. The highest BCUT2D eigenvalue weighted by Gasteiger charge is 2.58. The Morgan fingerprint density at radius 2 is 0.641 bits per heavy atom. The molecule has 7 saturated heterocycles. The summed E-state index contributed by atoms with van der Waals surface area (Å²) in [6.45, 7) is 87.9. The van der Waals surface area contributed by atoms with Crippen molar-refractivity contribution in [2.75, 3.05) is 26.4 Å². The molecule has 7 fully saturated rings. The molecule has 9 heteroatoms. The molecule has 0 atom stereocenters. The minimum Gasteiger partial charge on any atom is -0.350 e. The van der Waals surface area contributed by atoms with Gasteiger partial charge in [0.2, 0.25) is 0 Å². The van der Waals surface area contributed by atoms with Gasteiger partial charge in [0.1, 0.15) is 0 Å². The summed E-state index contributed by atoms with van der Waals surface area (Å²) in [6, 6.07) is 0. The van der Waals surface area contributed by atoms with Crippen molar-refractivity contribution in [1.82, 2.24) is 0 Å². The SMILES string of the molecule is C=C1CC(C)(C)P(C(C)(C)C)C(C)(C)C1.CC(C)(C)P1C(C)(C)CCCC1(C)C.CC(C)P1C(C)(C)CC2(CC1(C)C)OCCCO2.CC(C)P1C(C)(C)CC2(CC1(C)C)OCCO2.CC1CC(C)(C)P(C(C)C)C(C)(C)C1. The molecular weight excluding hydrogens is 1050 g/mol. The van der Waals surface area contributed by atoms with Crippen LogP contribution in [-0.4, -0.2) is 117 Å². The molecule has 7 aliphatic rings. The molecule has 0 bridgehead atoms. The normalized spacial score (nSPS) is 30.5. The van der Waals surface area contributed by atoms with E-state index in [0.29, 0.717) is 61.9 Å². The molecule has 2 spiro atoms. The van der Waals surface area contributed by atoms with Crippen molar-refractivity contribution in [2.45, 2.75) is 396 Å². The first-order valence-corrected chi connectivity index (χ1v) is 38.7. The van der Waals surface area contributed by atoms with E-state index in [-0.39, 0.29) is 51.2 Å². The summed E-state index contributed by atoms with van der Waals surface area (Å²) in [7, 11) is 0.223. The molecule has 4 nitrogen and oxygen atoms in total. The lowest BCUT2D eigenvalue weighted by molar-refractivity contribution is -0.281. The molecular formula is C69H137O4P5. The van der Waals surface area contributed by atoms with Crippen LogP contribution >= 0.6 is 39.6 Å². The summed E-state index contributed by atoms with van der Waals surface area (Å²) in [5.41, 5.74) is 3.87. The van der Waals surface area contributed by atoms with Crippen molar-refractivity contribution in [2.24, 2.45) is 5.92 Å².